The molecule has 3 aromatic rings. The molecule has 4 rings (SSSR count). The number of methoxy groups -OCH3 is 1. The lowest BCUT2D eigenvalue weighted by Gasteiger charge is -2.14. The molecule has 0 saturated heterocycles. The van der Waals surface area contributed by atoms with Gasteiger partial charge in [0.25, 0.3) is 0 Å². The Morgan fingerprint density at radius 1 is 1.06 bits per heavy atom. The van der Waals surface area contributed by atoms with Gasteiger partial charge in [0, 0.05) is 5.56 Å². The predicted molar refractivity (Wildman–Crippen MR) is 123 cm³/mol. The molecule has 0 atom stereocenters. The van der Waals surface area contributed by atoms with Gasteiger partial charge in [0.1, 0.15) is 18.2 Å². The molecular weight excluding hydrogens is 531 g/mol. The number of esters is 1. The molecule has 32 heavy (non-hydrogen) atoms. The number of hydrogen-bond acceptors (Lipinski definition) is 5. The standard InChI is InChI=1S/C24H16F2INO4/c1-30-21-11-15(9-19(27)22(21)31-13-14-4-2-6-17(25)8-14)10-20-24(29)32-23(28-20)16-5-3-7-18(26)12-16/h2-12H,13H2,1H3/b20-10-. The van der Waals surface area contributed by atoms with E-state index in [4.69, 9.17) is 14.2 Å². The minimum atomic E-state index is -0.635. The van der Waals surface area contributed by atoms with Crippen LogP contribution in [0.5, 0.6) is 11.5 Å². The molecule has 0 spiro atoms. The number of rotatable bonds is 6. The summed E-state index contributed by atoms with van der Waals surface area (Å²) in [6, 6.07) is 15.3. The number of hydrogen-bond donors (Lipinski definition) is 0. The van der Waals surface area contributed by atoms with Crippen molar-refractivity contribution in [2.45, 2.75) is 6.61 Å². The Morgan fingerprint density at radius 3 is 2.53 bits per heavy atom. The highest BCUT2D eigenvalue weighted by Gasteiger charge is 2.24. The summed E-state index contributed by atoms with van der Waals surface area (Å²) in [5.74, 6) is -0.441. The molecule has 0 aromatic heterocycles. The van der Waals surface area contributed by atoms with Crippen molar-refractivity contribution in [1.82, 2.24) is 0 Å². The third-order valence-corrected chi connectivity index (χ3v) is 5.32. The van der Waals surface area contributed by atoms with Gasteiger partial charge in [-0.1, -0.05) is 18.2 Å². The summed E-state index contributed by atoms with van der Waals surface area (Å²) >= 11 is 2.09. The molecule has 8 heteroatoms. The van der Waals surface area contributed by atoms with Crippen molar-refractivity contribution in [2.75, 3.05) is 7.11 Å². The number of ether oxygens (including phenoxy) is 3. The van der Waals surface area contributed by atoms with E-state index in [1.165, 1.54) is 37.4 Å². The molecule has 0 radical (unpaired) electrons. The number of carbonyl (C=O) groups excluding carboxylic acids is 1. The van der Waals surface area contributed by atoms with Crippen molar-refractivity contribution in [1.29, 1.82) is 0 Å². The molecule has 3 aromatic carbocycles. The Labute approximate surface area is 196 Å². The van der Waals surface area contributed by atoms with E-state index in [-0.39, 0.29) is 24.0 Å². The van der Waals surface area contributed by atoms with Crippen molar-refractivity contribution in [3.8, 4) is 11.5 Å². The third kappa shape index (κ3) is 4.96. The lowest BCUT2D eigenvalue weighted by molar-refractivity contribution is -0.129. The molecule has 0 saturated carbocycles. The smallest absolute Gasteiger partial charge is 0.363 e. The summed E-state index contributed by atoms with van der Waals surface area (Å²) in [6.07, 6.45) is 1.55. The van der Waals surface area contributed by atoms with Crippen LogP contribution in [0.25, 0.3) is 6.08 Å². The van der Waals surface area contributed by atoms with Crippen molar-refractivity contribution in [2.24, 2.45) is 4.99 Å². The van der Waals surface area contributed by atoms with Crippen LogP contribution >= 0.6 is 22.6 Å². The summed E-state index contributed by atoms with van der Waals surface area (Å²) in [7, 11) is 1.50. The van der Waals surface area contributed by atoms with E-state index < -0.39 is 11.8 Å². The number of aliphatic imine (C=N–C) groups is 1. The zero-order valence-electron chi connectivity index (χ0n) is 16.8. The van der Waals surface area contributed by atoms with Crippen molar-refractivity contribution in [3.05, 3.63) is 98.3 Å². The normalized spacial score (nSPS) is 14.3. The zero-order valence-corrected chi connectivity index (χ0v) is 18.9. The van der Waals surface area contributed by atoms with Gasteiger partial charge in [-0.25, -0.2) is 18.6 Å². The minimum Gasteiger partial charge on any atom is -0.493 e. The average Bonchev–Trinajstić information content (AvgIpc) is 3.13. The maximum atomic E-state index is 13.5. The number of carbonyl (C=O) groups is 1. The zero-order chi connectivity index (χ0) is 22.7. The van der Waals surface area contributed by atoms with Crippen LogP contribution < -0.4 is 9.47 Å². The second-order valence-electron chi connectivity index (χ2n) is 6.80. The van der Waals surface area contributed by atoms with Crippen LogP contribution in [0.15, 0.2) is 71.4 Å². The second-order valence-corrected chi connectivity index (χ2v) is 7.96. The summed E-state index contributed by atoms with van der Waals surface area (Å²) in [5, 5.41) is 0. The predicted octanol–water partition coefficient (Wildman–Crippen LogP) is 5.50. The van der Waals surface area contributed by atoms with Gasteiger partial charge in [0.05, 0.1) is 10.7 Å². The number of halogens is 3. The van der Waals surface area contributed by atoms with Crippen molar-refractivity contribution >= 4 is 40.5 Å². The first-order valence-electron chi connectivity index (χ1n) is 9.46. The van der Waals surface area contributed by atoms with Crippen LogP contribution in [-0.4, -0.2) is 19.0 Å². The fourth-order valence-electron chi connectivity index (χ4n) is 3.06. The topological polar surface area (TPSA) is 57.1 Å². The van der Waals surface area contributed by atoms with Crippen LogP contribution in [-0.2, 0) is 16.1 Å². The maximum absolute atomic E-state index is 13.5. The molecule has 5 nitrogen and oxygen atoms in total. The summed E-state index contributed by atoms with van der Waals surface area (Å²) in [6.45, 7) is 0.165. The molecule has 0 fully saturated rings. The second kappa shape index (κ2) is 9.47. The van der Waals surface area contributed by atoms with Gasteiger partial charge >= 0.3 is 5.97 Å². The molecule has 0 amide bonds. The molecular formula is C24H16F2INO4. The van der Waals surface area contributed by atoms with Gasteiger partial charge in [0.15, 0.2) is 17.2 Å². The Morgan fingerprint density at radius 2 is 1.81 bits per heavy atom. The quantitative estimate of drug-likeness (QED) is 0.233. The molecule has 1 heterocycles. The first-order chi connectivity index (χ1) is 15.4. The Bertz CT molecular complexity index is 1260. The molecule has 0 bridgehead atoms. The summed E-state index contributed by atoms with van der Waals surface area (Å²) < 4.78 is 44.1. The highest BCUT2D eigenvalue weighted by molar-refractivity contribution is 14.1. The van der Waals surface area contributed by atoms with Crippen molar-refractivity contribution in [3.63, 3.8) is 0 Å². The maximum Gasteiger partial charge on any atom is 0.363 e. The number of benzene rings is 3. The molecule has 0 aliphatic carbocycles. The van der Waals surface area contributed by atoms with E-state index in [1.807, 2.05) is 0 Å². The Kier molecular flexibility index (Phi) is 6.50. The third-order valence-electron chi connectivity index (χ3n) is 4.52. The Hall–Kier alpha value is -3.27. The van der Waals surface area contributed by atoms with Gasteiger partial charge < -0.3 is 14.2 Å². The SMILES string of the molecule is COc1cc(/C=C2\N=C(c3cccc(F)c3)OC2=O)cc(I)c1OCc1cccc(F)c1. The molecule has 0 unspecified atom stereocenters. The van der Waals surface area contributed by atoms with Gasteiger partial charge in [-0.3, -0.25) is 0 Å². The van der Waals surface area contributed by atoms with Crippen LogP contribution in [0.3, 0.4) is 0 Å². The van der Waals surface area contributed by atoms with Gasteiger partial charge in [-0.05, 0) is 82.3 Å². The lowest BCUT2D eigenvalue weighted by atomic mass is 10.1. The van der Waals surface area contributed by atoms with E-state index >= 15 is 0 Å². The van der Waals surface area contributed by atoms with E-state index in [0.29, 0.717) is 28.2 Å². The fraction of sp³-hybridized carbons (Fsp3) is 0.0833. The van der Waals surface area contributed by atoms with E-state index in [2.05, 4.69) is 27.6 Å². The highest BCUT2D eigenvalue weighted by atomic mass is 127. The molecule has 0 N–H and O–H groups in total. The van der Waals surface area contributed by atoms with Crippen LogP contribution in [0.2, 0.25) is 0 Å². The minimum absolute atomic E-state index is 0.0393. The fourth-order valence-corrected chi connectivity index (χ4v) is 3.84. The van der Waals surface area contributed by atoms with Crippen LogP contribution in [0, 0.1) is 15.2 Å². The first kappa shape index (κ1) is 21.9. The number of cyclic esters (lactones) is 1. The first-order valence-corrected chi connectivity index (χ1v) is 10.5. The molecule has 162 valence electrons. The van der Waals surface area contributed by atoms with Gasteiger partial charge in [-0.15, -0.1) is 0 Å². The average molecular weight is 547 g/mol. The van der Waals surface area contributed by atoms with Crippen LogP contribution in [0.1, 0.15) is 16.7 Å². The highest BCUT2D eigenvalue weighted by Crippen LogP contribution is 2.35. The van der Waals surface area contributed by atoms with E-state index in [1.54, 1.807) is 36.4 Å². The molecule has 1 aliphatic heterocycles. The lowest BCUT2D eigenvalue weighted by Crippen LogP contribution is -2.05. The van der Waals surface area contributed by atoms with Gasteiger partial charge in [-0.2, -0.15) is 0 Å². The van der Waals surface area contributed by atoms with E-state index in [9.17, 15) is 13.6 Å². The van der Waals surface area contributed by atoms with Gasteiger partial charge in [0.2, 0.25) is 5.90 Å². The largest absolute Gasteiger partial charge is 0.493 e. The number of nitrogens with zero attached hydrogens (tertiary/aromatic N) is 1. The summed E-state index contributed by atoms with van der Waals surface area (Å²) in [5.41, 5.74) is 1.77. The van der Waals surface area contributed by atoms with E-state index in [0.717, 1.165) is 3.57 Å². The monoisotopic (exact) mass is 547 g/mol. The Balaban J connectivity index is 1.59. The van der Waals surface area contributed by atoms with Crippen molar-refractivity contribution < 1.29 is 27.8 Å². The summed E-state index contributed by atoms with van der Waals surface area (Å²) in [4.78, 5) is 16.5. The molecule has 1 aliphatic rings. The van der Waals surface area contributed by atoms with Crippen LogP contribution in [0.4, 0.5) is 8.78 Å².